The van der Waals surface area contributed by atoms with Crippen LogP contribution < -0.4 is 5.56 Å². The molecule has 6 rings (SSSR count). The highest BCUT2D eigenvalue weighted by molar-refractivity contribution is 5.87. The lowest BCUT2D eigenvalue weighted by molar-refractivity contribution is -0.135. The molecule has 1 atom stereocenters. The van der Waals surface area contributed by atoms with E-state index in [1.54, 1.807) is 21.8 Å². The molecule has 0 aliphatic heterocycles. The van der Waals surface area contributed by atoms with E-state index >= 15 is 0 Å². The summed E-state index contributed by atoms with van der Waals surface area (Å²) in [6.07, 6.45) is 1.61. The summed E-state index contributed by atoms with van der Waals surface area (Å²) in [6.45, 7) is 2.49. The number of furan rings is 1. The Bertz CT molecular complexity index is 1790. The number of nitrogens with zero attached hydrogens (tertiary/aromatic N) is 3. The smallest absolute Gasteiger partial charge is 0.261 e. The van der Waals surface area contributed by atoms with Crippen LogP contribution in [0.1, 0.15) is 47.2 Å². The fraction of sp³-hybridized carbons (Fsp3) is 0.139. The topological polar surface area (TPSA) is 68.3 Å². The molecule has 0 aliphatic carbocycles. The summed E-state index contributed by atoms with van der Waals surface area (Å²) in [5, 5.41) is 0.541. The van der Waals surface area contributed by atoms with Gasteiger partial charge in [0, 0.05) is 0 Å². The van der Waals surface area contributed by atoms with Gasteiger partial charge < -0.3 is 9.32 Å². The Hall–Kier alpha value is -5.23. The van der Waals surface area contributed by atoms with E-state index in [-0.39, 0.29) is 18.0 Å². The van der Waals surface area contributed by atoms with Crippen LogP contribution in [0.25, 0.3) is 10.9 Å². The lowest BCUT2D eigenvalue weighted by Crippen LogP contribution is -2.40. The molecule has 0 aliphatic rings. The van der Waals surface area contributed by atoms with Crippen molar-refractivity contribution in [2.45, 2.75) is 32.0 Å². The Balaban J connectivity index is 1.51. The molecule has 0 bridgehead atoms. The number of fused-ring (bicyclic) bond motifs is 1. The molecule has 0 N–H and O–H groups in total. The number of carbonyl (C=O) groups is 1. The molecule has 1 amide bonds. The van der Waals surface area contributed by atoms with E-state index < -0.39 is 12.0 Å². The number of rotatable bonds is 9. The van der Waals surface area contributed by atoms with Crippen molar-refractivity contribution in [2.75, 3.05) is 0 Å². The first kappa shape index (κ1) is 27.0. The molecule has 208 valence electrons. The standard InChI is InChI=1S/C36H31N3O3/c1-26(34-37-32-22-12-11-21-31(32)35(40)39(34)24-27-14-5-2-6-15-27)38(25-30-20-13-23-42-30)36(41)33(28-16-7-3-8-17-28)29-18-9-4-10-19-29/h2-23,26,33H,24-25H2,1H3. The summed E-state index contributed by atoms with van der Waals surface area (Å²) >= 11 is 0. The summed E-state index contributed by atoms with van der Waals surface area (Å²) in [5.74, 6) is 0.500. The molecule has 0 spiro atoms. The molecule has 0 fully saturated rings. The van der Waals surface area contributed by atoms with E-state index in [0.717, 1.165) is 16.7 Å². The number of amides is 1. The van der Waals surface area contributed by atoms with Crippen LogP contribution in [0.15, 0.2) is 143 Å². The lowest BCUT2D eigenvalue weighted by Gasteiger charge is -2.33. The molecule has 0 radical (unpaired) electrons. The van der Waals surface area contributed by atoms with Gasteiger partial charge in [0.05, 0.1) is 42.2 Å². The van der Waals surface area contributed by atoms with E-state index in [1.807, 2.05) is 128 Å². The maximum atomic E-state index is 14.8. The third kappa shape index (κ3) is 5.52. The minimum Gasteiger partial charge on any atom is -0.467 e. The third-order valence-electron chi connectivity index (χ3n) is 7.62. The molecular formula is C36H31N3O3. The second-order valence-corrected chi connectivity index (χ2v) is 10.3. The molecule has 1 unspecified atom stereocenters. The Morgan fingerprint density at radius 1 is 0.786 bits per heavy atom. The average Bonchev–Trinajstić information content (AvgIpc) is 3.56. The zero-order valence-electron chi connectivity index (χ0n) is 23.3. The van der Waals surface area contributed by atoms with Gasteiger partial charge in [-0.2, -0.15) is 0 Å². The van der Waals surface area contributed by atoms with Crippen molar-refractivity contribution in [2.24, 2.45) is 0 Å². The Labute approximate surface area is 244 Å². The maximum absolute atomic E-state index is 14.8. The van der Waals surface area contributed by atoms with Crippen LogP contribution in [-0.2, 0) is 17.9 Å². The fourth-order valence-electron chi connectivity index (χ4n) is 5.47. The van der Waals surface area contributed by atoms with Crippen molar-refractivity contribution in [1.82, 2.24) is 14.5 Å². The van der Waals surface area contributed by atoms with Gasteiger partial charge in [-0.15, -0.1) is 0 Å². The predicted octanol–water partition coefficient (Wildman–Crippen LogP) is 6.96. The van der Waals surface area contributed by atoms with E-state index in [1.165, 1.54) is 0 Å². The molecular weight excluding hydrogens is 522 g/mol. The van der Waals surface area contributed by atoms with Gasteiger partial charge in [0.1, 0.15) is 11.6 Å². The van der Waals surface area contributed by atoms with Crippen LogP contribution in [0.5, 0.6) is 0 Å². The number of aromatic nitrogens is 2. The minimum atomic E-state index is -0.557. The average molecular weight is 554 g/mol. The predicted molar refractivity (Wildman–Crippen MR) is 164 cm³/mol. The van der Waals surface area contributed by atoms with Crippen LogP contribution >= 0.6 is 0 Å². The highest BCUT2D eigenvalue weighted by Gasteiger charge is 2.33. The van der Waals surface area contributed by atoms with Crippen LogP contribution in [0.4, 0.5) is 0 Å². The summed E-state index contributed by atoms with van der Waals surface area (Å²) in [7, 11) is 0. The first-order valence-corrected chi connectivity index (χ1v) is 14.1. The number of hydrogen-bond donors (Lipinski definition) is 0. The number of carbonyl (C=O) groups excluding carboxylic acids is 1. The van der Waals surface area contributed by atoms with E-state index in [2.05, 4.69) is 0 Å². The van der Waals surface area contributed by atoms with Crippen molar-refractivity contribution in [3.8, 4) is 0 Å². The zero-order valence-corrected chi connectivity index (χ0v) is 23.3. The molecule has 0 saturated carbocycles. The van der Waals surface area contributed by atoms with Gasteiger partial charge in [-0.25, -0.2) is 4.98 Å². The van der Waals surface area contributed by atoms with Crippen molar-refractivity contribution in [3.63, 3.8) is 0 Å². The van der Waals surface area contributed by atoms with Crippen LogP contribution in [0.3, 0.4) is 0 Å². The number of benzene rings is 4. The maximum Gasteiger partial charge on any atom is 0.261 e. The Morgan fingerprint density at radius 3 is 2.00 bits per heavy atom. The molecule has 6 nitrogen and oxygen atoms in total. The fourth-order valence-corrected chi connectivity index (χ4v) is 5.47. The second-order valence-electron chi connectivity index (χ2n) is 10.3. The van der Waals surface area contributed by atoms with Crippen LogP contribution in [0.2, 0.25) is 0 Å². The summed E-state index contributed by atoms with van der Waals surface area (Å²) in [5.41, 5.74) is 3.21. The van der Waals surface area contributed by atoms with Gasteiger partial charge in [0.15, 0.2) is 0 Å². The third-order valence-corrected chi connectivity index (χ3v) is 7.62. The Morgan fingerprint density at radius 2 is 1.38 bits per heavy atom. The van der Waals surface area contributed by atoms with Crippen molar-refractivity contribution >= 4 is 16.8 Å². The number of para-hydroxylation sites is 1. The van der Waals surface area contributed by atoms with E-state index in [4.69, 9.17) is 9.40 Å². The van der Waals surface area contributed by atoms with Gasteiger partial charge in [0.25, 0.3) is 5.56 Å². The largest absolute Gasteiger partial charge is 0.467 e. The van der Waals surface area contributed by atoms with Gasteiger partial charge in [-0.3, -0.25) is 14.2 Å². The normalized spacial score (nSPS) is 12.0. The van der Waals surface area contributed by atoms with Crippen LogP contribution in [-0.4, -0.2) is 20.4 Å². The van der Waals surface area contributed by atoms with Crippen molar-refractivity contribution in [3.05, 3.63) is 172 Å². The summed E-state index contributed by atoms with van der Waals surface area (Å²) in [4.78, 5) is 35.5. The van der Waals surface area contributed by atoms with Gasteiger partial charge in [-0.05, 0) is 47.9 Å². The molecule has 0 saturated heterocycles. The first-order chi connectivity index (χ1) is 20.6. The Kier molecular flexibility index (Phi) is 7.77. The van der Waals surface area contributed by atoms with E-state index in [0.29, 0.717) is 29.0 Å². The highest BCUT2D eigenvalue weighted by Crippen LogP contribution is 2.32. The highest BCUT2D eigenvalue weighted by atomic mass is 16.3. The molecule has 2 heterocycles. The van der Waals surface area contributed by atoms with Gasteiger partial charge in [0.2, 0.25) is 5.91 Å². The quantitative estimate of drug-likeness (QED) is 0.194. The monoisotopic (exact) mass is 553 g/mol. The SMILES string of the molecule is CC(c1nc2ccccc2c(=O)n1Cc1ccccc1)N(Cc1ccco1)C(=O)C(c1ccccc1)c1ccccc1. The second kappa shape index (κ2) is 12.1. The van der Waals surface area contributed by atoms with Gasteiger partial charge in [-0.1, -0.05) is 103 Å². The molecule has 42 heavy (non-hydrogen) atoms. The first-order valence-electron chi connectivity index (χ1n) is 14.1. The van der Waals surface area contributed by atoms with Crippen molar-refractivity contribution in [1.29, 1.82) is 0 Å². The van der Waals surface area contributed by atoms with Gasteiger partial charge >= 0.3 is 0 Å². The minimum absolute atomic E-state index is 0.107. The van der Waals surface area contributed by atoms with E-state index in [9.17, 15) is 9.59 Å². The zero-order chi connectivity index (χ0) is 28.9. The van der Waals surface area contributed by atoms with Crippen LogP contribution in [0, 0.1) is 0 Å². The summed E-state index contributed by atoms with van der Waals surface area (Å²) < 4.78 is 7.43. The summed E-state index contributed by atoms with van der Waals surface area (Å²) in [6, 6.07) is 39.9. The lowest BCUT2D eigenvalue weighted by atomic mass is 9.89. The molecule has 6 heteroatoms. The number of hydrogen-bond acceptors (Lipinski definition) is 4. The van der Waals surface area contributed by atoms with Crippen molar-refractivity contribution < 1.29 is 9.21 Å². The molecule has 4 aromatic carbocycles. The molecule has 6 aromatic rings. The molecule has 2 aromatic heterocycles.